The summed E-state index contributed by atoms with van der Waals surface area (Å²) in [5.41, 5.74) is 7.22. The number of nitrogens with zero attached hydrogens (tertiary/aromatic N) is 1. The monoisotopic (exact) mass is 472 g/mol. The van der Waals surface area contributed by atoms with Crippen molar-refractivity contribution in [2.75, 3.05) is 20.7 Å². The maximum Gasteiger partial charge on any atom is 0.407 e. The molecule has 2 amide bonds. The first-order valence-corrected chi connectivity index (χ1v) is 11.4. The van der Waals surface area contributed by atoms with E-state index in [-0.39, 0.29) is 18.5 Å². The number of amides is 2. The average molecular weight is 473 g/mol. The van der Waals surface area contributed by atoms with Gasteiger partial charge in [0.2, 0.25) is 0 Å². The number of aliphatic imine (C=N–C) groups is 1. The van der Waals surface area contributed by atoms with Gasteiger partial charge in [0, 0.05) is 19.0 Å². The summed E-state index contributed by atoms with van der Waals surface area (Å²) >= 11 is 1.25. The number of carbonyl (C=O) groups excluding carboxylic acids is 2. The van der Waals surface area contributed by atoms with E-state index in [1.807, 2.05) is 30.3 Å². The minimum Gasteiger partial charge on any atom is -0.494 e. The normalized spacial score (nSPS) is 12.9. The van der Waals surface area contributed by atoms with Crippen molar-refractivity contribution >= 4 is 29.0 Å². The second kappa shape index (κ2) is 12.1. The smallest absolute Gasteiger partial charge is 0.407 e. The van der Waals surface area contributed by atoms with E-state index in [2.05, 4.69) is 15.6 Å². The van der Waals surface area contributed by atoms with E-state index in [0.717, 1.165) is 5.56 Å². The molecule has 1 unspecified atom stereocenters. The van der Waals surface area contributed by atoms with Crippen molar-refractivity contribution in [3.05, 3.63) is 64.0 Å². The highest BCUT2D eigenvalue weighted by atomic mass is 32.1. The Kier molecular flexibility index (Phi) is 9.47. The number of allylic oxidation sites excluding steroid dienone is 1. The van der Waals surface area contributed by atoms with Crippen LogP contribution in [0.25, 0.3) is 0 Å². The molecule has 4 N–H and O–H groups in total. The summed E-state index contributed by atoms with van der Waals surface area (Å²) < 4.78 is 10.8. The molecule has 0 saturated carbocycles. The number of hydrogen-bond acceptors (Lipinski definition) is 7. The standard InChI is InChI=1S/C24H32N4O4S/c1-24(2,3)32-23(30)27-14-17(13-16-9-7-6-8-10-16)28-22(29)21-20(31-5)18(15-33-21)19(26-4)11-12-25/h6-12,15,17H,13-14,25H2,1-5H3,(H,27,30)(H,28,29). The lowest BCUT2D eigenvalue weighted by Crippen LogP contribution is -2.46. The van der Waals surface area contributed by atoms with Gasteiger partial charge in [-0.3, -0.25) is 9.79 Å². The maximum absolute atomic E-state index is 13.2. The molecule has 0 aliphatic rings. The number of methoxy groups -OCH3 is 1. The Labute approximate surface area is 198 Å². The van der Waals surface area contributed by atoms with Crippen LogP contribution in [0.15, 0.2) is 53.0 Å². The Bertz CT molecular complexity index is 994. The van der Waals surface area contributed by atoms with Crippen LogP contribution in [0.1, 0.15) is 41.6 Å². The molecule has 2 rings (SSSR count). The Hall–Kier alpha value is -3.33. The Morgan fingerprint density at radius 1 is 1.24 bits per heavy atom. The van der Waals surface area contributed by atoms with Gasteiger partial charge < -0.3 is 25.8 Å². The van der Waals surface area contributed by atoms with Gasteiger partial charge in [-0.05, 0) is 45.0 Å². The van der Waals surface area contributed by atoms with E-state index >= 15 is 0 Å². The fourth-order valence-corrected chi connectivity index (χ4v) is 4.03. The van der Waals surface area contributed by atoms with Crippen LogP contribution in [0.5, 0.6) is 5.75 Å². The van der Waals surface area contributed by atoms with Crippen molar-refractivity contribution in [3.63, 3.8) is 0 Å². The molecule has 1 atom stereocenters. The summed E-state index contributed by atoms with van der Waals surface area (Å²) in [4.78, 5) is 29.9. The largest absolute Gasteiger partial charge is 0.494 e. The van der Waals surface area contributed by atoms with Crippen molar-refractivity contribution in [1.29, 1.82) is 0 Å². The molecule has 0 radical (unpaired) electrons. The number of thiophene rings is 1. The van der Waals surface area contributed by atoms with Crippen LogP contribution >= 0.6 is 11.3 Å². The second-order valence-corrected chi connectivity index (χ2v) is 9.10. The third-order valence-corrected chi connectivity index (χ3v) is 5.44. The number of benzene rings is 1. The molecule has 9 heteroatoms. The first-order valence-electron chi connectivity index (χ1n) is 10.5. The Morgan fingerprint density at radius 2 is 1.94 bits per heavy atom. The number of ether oxygens (including phenoxy) is 2. The van der Waals surface area contributed by atoms with Crippen LogP contribution in [0.2, 0.25) is 0 Å². The van der Waals surface area contributed by atoms with E-state index in [1.165, 1.54) is 24.6 Å². The minimum atomic E-state index is -0.612. The van der Waals surface area contributed by atoms with E-state index in [4.69, 9.17) is 15.2 Å². The quantitative estimate of drug-likeness (QED) is 0.483. The number of alkyl carbamates (subject to hydrolysis) is 1. The predicted octanol–water partition coefficient (Wildman–Crippen LogP) is 3.51. The van der Waals surface area contributed by atoms with Crippen molar-refractivity contribution in [2.24, 2.45) is 10.7 Å². The fourth-order valence-electron chi connectivity index (χ4n) is 3.10. The molecule has 0 fully saturated rings. The molecule has 178 valence electrons. The molecule has 8 nitrogen and oxygen atoms in total. The lowest BCUT2D eigenvalue weighted by atomic mass is 10.1. The highest BCUT2D eigenvalue weighted by Crippen LogP contribution is 2.31. The molecule has 1 aromatic carbocycles. The van der Waals surface area contributed by atoms with Gasteiger partial charge in [0.25, 0.3) is 5.91 Å². The summed E-state index contributed by atoms with van der Waals surface area (Å²) in [5, 5.41) is 7.57. The molecule has 0 aliphatic heterocycles. The fraction of sp³-hybridized carbons (Fsp3) is 0.375. The maximum atomic E-state index is 13.2. The lowest BCUT2D eigenvalue weighted by molar-refractivity contribution is 0.0519. The molecule has 2 aromatic rings. The molecule has 33 heavy (non-hydrogen) atoms. The number of nitrogens with one attached hydrogen (secondary N) is 2. The van der Waals surface area contributed by atoms with E-state index < -0.39 is 11.7 Å². The first-order chi connectivity index (χ1) is 15.7. The van der Waals surface area contributed by atoms with E-state index in [9.17, 15) is 9.59 Å². The van der Waals surface area contributed by atoms with Gasteiger partial charge in [0.1, 0.15) is 10.5 Å². The molecule has 1 aromatic heterocycles. The number of rotatable bonds is 9. The van der Waals surface area contributed by atoms with Gasteiger partial charge in [0.15, 0.2) is 5.75 Å². The predicted molar refractivity (Wildman–Crippen MR) is 132 cm³/mol. The van der Waals surface area contributed by atoms with Gasteiger partial charge >= 0.3 is 6.09 Å². The average Bonchev–Trinajstić information content (AvgIpc) is 3.19. The molecule has 1 heterocycles. The number of nitrogens with two attached hydrogens (primary N) is 1. The summed E-state index contributed by atoms with van der Waals surface area (Å²) in [5.74, 6) is 0.122. The topological polar surface area (TPSA) is 115 Å². The molecular formula is C24H32N4O4S. The van der Waals surface area contributed by atoms with E-state index in [1.54, 1.807) is 39.3 Å². The molecule has 0 aliphatic carbocycles. The van der Waals surface area contributed by atoms with Gasteiger partial charge in [-0.15, -0.1) is 11.3 Å². The summed E-state index contributed by atoms with van der Waals surface area (Å²) in [6.45, 7) is 5.59. The van der Waals surface area contributed by atoms with Gasteiger partial charge in [-0.2, -0.15) is 0 Å². The molecule has 0 bridgehead atoms. The SMILES string of the molecule is CN=C(C=CN)c1csc(C(=O)NC(CNC(=O)OC(C)(C)C)Cc2ccccc2)c1OC. The summed E-state index contributed by atoms with van der Waals surface area (Å²) in [7, 11) is 3.15. The molecule has 0 spiro atoms. The van der Waals surface area contributed by atoms with E-state index in [0.29, 0.717) is 28.3 Å². The van der Waals surface area contributed by atoms with Crippen molar-refractivity contribution in [2.45, 2.75) is 38.8 Å². The highest BCUT2D eigenvalue weighted by Gasteiger charge is 2.24. The minimum absolute atomic E-state index is 0.202. The van der Waals surface area contributed by atoms with Crippen LogP contribution in [0.3, 0.4) is 0 Å². The third-order valence-electron chi connectivity index (χ3n) is 4.48. The van der Waals surface area contributed by atoms with Crippen LogP contribution in [-0.4, -0.2) is 50.1 Å². The zero-order valence-corrected chi connectivity index (χ0v) is 20.5. The van der Waals surface area contributed by atoms with Crippen LogP contribution in [0, 0.1) is 0 Å². The van der Waals surface area contributed by atoms with Gasteiger partial charge in [0.05, 0.1) is 24.4 Å². The summed E-state index contributed by atoms with van der Waals surface area (Å²) in [6, 6.07) is 9.36. The van der Waals surface area contributed by atoms with Crippen LogP contribution < -0.4 is 21.1 Å². The summed E-state index contributed by atoms with van der Waals surface area (Å²) in [6.07, 6.45) is 3.02. The third kappa shape index (κ3) is 7.94. The van der Waals surface area contributed by atoms with Crippen LogP contribution in [0.4, 0.5) is 4.79 Å². The molecular weight excluding hydrogens is 440 g/mol. The lowest BCUT2D eigenvalue weighted by Gasteiger charge is -2.23. The van der Waals surface area contributed by atoms with Crippen molar-refractivity contribution < 1.29 is 19.1 Å². The van der Waals surface area contributed by atoms with Gasteiger partial charge in [-0.1, -0.05) is 30.3 Å². The number of hydrogen-bond donors (Lipinski definition) is 3. The Balaban J connectivity index is 2.21. The highest BCUT2D eigenvalue weighted by molar-refractivity contribution is 7.12. The second-order valence-electron chi connectivity index (χ2n) is 8.22. The zero-order chi connectivity index (χ0) is 24.4. The first kappa shape index (κ1) is 25.9. The van der Waals surface area contributed by atoms with Crippen molar-refractivity contribution in [3.8, 4) is 5.75 Å². The van der Waals surface area contributed by atoms with Crippen LogP contribution in [-0.2, 0) is 11.2 Å². The number of carbonyl (C=O) groups is 2. The molecule has 0 saturated heterocycles. The Morgan fingerprint density at radius 3 is 2.52 bits per heavy atom. The zero-order valence-electron chi connectivity index (χ0n) is 19.7. The van der Waals surface area contributed by atoms with Crippen molar-refractivity contribution in [1.82, 2.24) is 10.6 Å². The van der Waals surface area contributed by atoms with Gasteiger partial charge in [-0.25, -0.2) is 4.79 Å².